The molecule has 4 rings (SSSR count). The van der Waals surface area contributed by atoms with Crippen molar-refractivity contribution in [1.82, 2.24) is 19.5 Å². The van der Waals surface area contributed by atoms with Crippen LogP contribution in [-0.4, -0.2) is 65.7 Å². The molecular weight excluding hydrogens is 382 g/mol. The van der Waals surface area contributed by atoms with Gasteiger partial charge in [-0.3, -0.25) is 24.5 Å². The Bertz CT molecular complexity index is 1080. The van der Waals surface area contributed by atoms with E-state index in [1.54, 1.807) is 12.1 Å². The number of rotatable bonds is 5. The van der Waals surface area contributed by atoms with Crippen LogP contribution in [0.5, 0.6) is 0 Å². The molecule has 11 heteroatoms. The molecule has 3 aromatic rings. The minimum Gasteiger partial charge on any atom is -0.394 e. The molecule has 5 N–H and O–H groups in total. The Balaban J connectivity index is 1.62. The maximum absolute atomic E-state index is 12.3. The third-order valence-electron chi connectivity index (χ3n) is 4.69. The zero-order valence-electron chi connectivity index (χ0n) is 15.1. The topological polar surface area (TPSA) is 163 Å². The number of nitrogens with one attached hydrogen (secondary N) is 2. The van der Waals surface area contributed by atoms with Gasteiger partial charge in [0.15, 0.2) is 17.4 Å². The Morgan fingerprint density at radius 2 is 2.00 bits per heavy atom. The van der Waals surface area contributed by atoms with Crippen LogP contribution in [0.15, 0.2) is 41.5 Å². The maximum atomic E-state index is 12.3. The highest BCUT2D eigenvalue weighted by Gasteiger charge is 2.44. The van der Waals surface area contributed by atoms with Crippen LogP contribution in [0.1, 0.15) is 11.8 Å². The number of carbonyl (C=O) groups excluding carboxylic acids is 1. The number of fused-ring (bicyclic) bond motifs is 1. The molecule has 1 saturated heterocycles. The highest BCUT2D eigenvalue weighted by atomic mass is 16.6. The molecule has 1 amide bonds. The number of carbonyl (C=O) groups is 1. The number of imidazole rings is 1. The van der Waals surface area contributed by atoms with Gasteiger partial charge in [0.2, 0.25) is 11.9 Å². The number of hydrogen-bond acceptors (Lipinski definition) is 8. The van der Waals surface area contributed by atoms with Gasteiger partial charge in [-0.15, -0.1) is 0 Å². The van der Waals surface area contributed by atoms with Gasteiger partial charge in [0.1, 0.15) is 18.3 Å². The van der Waals surface area contributed by atoms with E-state index < -0.39 is 36.7 Å². The van der Waals surface area contributed by atoms with Crippen molar-refractivity contribution in [2.45, 2.75) is 31.0 Å². The van der Waals surface area contributed by atoms with E-state index in [0.717, 1.165) is 5.56 Å². The zero-order valence-corrected chi connectivity index (χ0v) is 15.1. The van der Waals surface area contributed by atoms with E-state index in [2.05, 4.69) is 20.3 Å². The van der Waals surface area contributed by atoms with Crippen molar-refractivity contribution in [2.24, 2.45) is 0 Å². The highest BCUT2D eigenvalue weighted by Crippen LogP contribution is 2.30. The fourth-order valence-electron chi connectivity index (χ4n) is 3.24. The summed E-state index contributed by atoms with van der Waals surface area (Å²) in [4.78, 5) is 35.2. The molecule has 1 aliphatic rings. The lowest BCUT2D eigenvalue weighted by Crippen LogP contribution is -2.33. The summed E-state index contributed by atoms with van der Waals surface area (Å²) >= 11 is 0. The molecule has 1 aromatic carbocycles. The van der Waals surface area contributed by atoms with Gasteiger partial charge in [-0.1, -0.05) is 30.3 Å². The molecule has 4 atom stereocenters. The fourth-order valence-corrected chi connectivity index (χ4v) is 3.24. The Hall–Kier alpha value is -3.12. The summed E-state index contributed by atoms with van der Waals surface area (Å²) in [6.45, 7) is -0.490. The molecule has 0 aliphatic carbocycles. The number of aromatic nitrogens is 4. The minimum absolute atomic E-state index is 0.0243. The number of H-pyrrole nitrogens is 1. The van der Waals surface area contributed by atoms with Crippen LogP contribution in [0, 0.1) is 0 Å². The van der Waals surface area contributed by atoms with Crippen LogP contribution in [0.2, 0.25) is 0 Å². The van der Waals surface area contributed by atoms with E-state index in [-0.39, 0.29) is 29.4 Å². The monoisotopic (exact) mass is 401 g/mol. The zero-order chi connectivity index (χ0) is 20.5. The van der Waals surface area contributed by atoms with Crippen LogP contribution in [0.3, 0.4) is 0 Å². The van der Waals surface area contributed by atoms with Gasteiger partial charge >= 0.3 is 0 Å². The van der Waals surface area contributed by atoms with E-state index in [1.807, 2.05) is 18.2 Å². The van der Waals surface area contributed by atoms with Crippen LogP contribution >= 0.6 is 0 Å². The van der Waals surface area contributed by atoms with Gasteiger partial charge in [0.25, 0.3) is 5.56 Å². The highest BCUT2D eigenvalue weighted by molar-refractivity contribution is 5.91. The van der Waals surface area contributed by atoms with Crippen molar-refractivity contribution >= 4 is 23.0 Å². The fraction of sp³-hybridized carbons (Fsp3) is 0.333. The van der Waals surface area contributed by atoms with Gasteiger partial charge in [-0.25, -0.2) is 4.98 Å². The Morgan fingerprint density at radius 3 is 2.69 bits per heavy atom. The number of benzene rings is 1. The van der Waals surface area contributed by atoms with Gasteiger partial charge in [0.05, 0.1) is 19.4 Å². The average Bonchev–Trinajstić information content (AvgIpc) is 3.24. The van der Waals surface area contributed by atoms with Crippen LogP contribution in [-0.2, 0) is 16.0 Å². The number of aromatic amines is 1. The summed E-state index contributed by atoms with van der Waals surface area (Å²) in [6, 6.07) is 9.07. The molecule has 1 aliphatic heterocycles. The van der Waals surface area contributed by atoms with Gasteiger partial charge < -0.3 is 20.1 Å². The second-order valence-corrected chi connectivity index (χ2v) is 6.68. The first-order valence-electron chi connectivity index (χ1n) is 8.91. The summed E-state index contributed by atoms with van der Waals surface area (Å²) in [7, 11) is 0. The average molecular weight is 401 g/mol. The molecule has 0 radical (unpaired) electrons. The molecule has 3 heterocycles. The minimum atomic E-state index is -1.36. The van der Waals surface area contributed by atoms with E-state index in [9.17, 15) is 24.9 Å². The molecule has 2 aromatic heterocycles. The second-order valence-electron chi connectivity index (χ2n) is 6.68. The maximum Gasteiger partial charge on any atom is 0.280 e. The third kappa shape index (κ3) is 3.63. The van der Waals surface area contributed by atoms with Crippen molar-refractivity contribution in [1.29, 1.82) is 0 Å². The number of nitrogens with zero attached hydrogens (tertiary/aromatic N) is 3. The first-order valence-corrected chi connectivity index (χ1v) is 8.91. The van der Waals surface area contributed by atoms with Crippen molar-refractivity contribution in [3.63, 3.8) is 0 Å². The lowest BCUT2D eigenvalue weighted by atomic mass is 10.1. The summed E-state index contributed by atoms with van der Waals surface area (Å²) < 4.78 is 6.74. The van der Waals surface area contributed by atoms with Crippen molar-refractivity contribution in [2.75, 3.05) is 11.9 Å². The summed E-state index contributed by atoms with van der Waals surface area (Å²) in [5, 5.41) is 32.0. The molecule has 0 bridgehead atoms. The molecular formula is C18H19N5O6. The van der Waals surface area contributed by atoms with Crippen LogP contribution in [0.25, 0.3) is 11.2 Å². The molecule has 0 spiro atoms. The standard InChI is InChI=1S/C18H19N5O6/c24-7-10-13(26)14(27)17(29-10)23-8-19-12-15(23)21-18(22-16(12)28)20-11(25)6-9-4-2-1-3-5-9/h1-5,8,10,13-14,17,24,26-27H,6-7H2,(H2,20,21,22,25,28)/t10-,13-,14-,17-/m1/s1. The number of anilines is 1. The summed E-state index contributed by atoms with van der Waals surface area (Å²) in [5.41, 5.74) is 0.239. The number of ether oxygens (including phenoxy) is 1. The van der Waals surface area contributed by atoms with Crippen molar-refractivity contribution in [3.8, 4) is 0 Å². The number of aliphatic hydroxyl groups excluding tert-OH is 3. The first kappa shape index (κ1) is 19.2. The lowest BCUT2D eigenvalue weighted by Gasteiger charge is -2.16. The van der Waals surface area contributed by atoms with E-state index in [4.69, 9.17) is 4.74 Å². The number of amides is 1. The second kappa shape index (κ2) is 7.72. The smallest absolute Gasteiger partial charge is 0.280 e. The van der Waals surface area contributed by atoms with Gasteiger partial charge in [-0.05, 0) is 5.56 Å². The Morgan fingerprint density at radius 1 is 1.24 bits per heavy atom. The summed E-state index contributed by atoms with van der Waals surface area (Å²) in [5.74, 6) is -0.463. The lowest BCUT2D eigenvalue weighted by molar-refractivity contribution is -0.115. The van der Waals surface area contributed by atoms with E-state index in [1.165, 1.54) is 10.9 Å². The number of aliphatic hydroxyl groups is 3. The van der Waals surface area contributed by atoms with Gasteiger partial charge in [-0.2, -0.15) is 4.98 Å². The Kier molecular flexibility index (Phi) is 5.11. The van der Waals surface area contributed by atoms with Crippen LogP contribution < -0.4 is 10.9 Å². The number of hydrogen-bond donors (Lipinski definition) is 5. The Labute approximate surface area is 163 Å². The third-order valence-corrected chi connectivity index (χ3v) is 4.69. The SMILES string of the molecule is O=C(Cc1ccccc1)Nc1nc2c(ncn2[C@@H]2O[C@H](CO)[C@@H](O)[C@H]2O)c(=O)[nH]1. The van der Waals surface area contributed by atoms with Crippen molar-refractivity contribution < 1.29 is 24.9 Å². The quantitative estimate of drug-likeness (QED) is 0.360. The first-order chi connectivity index (χ1) is 14.0. The molecule has 0 unspecified atom stereocenters. The summed E-state index contributed by atoms with van der Waals surface area (Å²) in [6.07, 6.45) is -3.43. The predicted molar refractivity (Wildman–Crippen MR) is 99.9 cm³/mol. The molecule has 152 valence electrons. The van der Waals surface area contributed by atoms with Gasteiger partial charge in [0, 0.05) is 0 Å². The largest absolute Gasteiger partial charge is 0.394 e. The normalized spacial score (nSPS) is 24.1. The molecule has 1 fully saturated rings. The van der Waals surface area contributed by atoms with Crippen LogP contribution in [0.4, 0.5) is 5.95 Å². The molecule has 0 saturated carbocycles. The van der Waals surface area contributed by atoms with Crippen molar-refractivity contribution in [3.05, 3.63) is 52.6 Å². The molecule has 11 nitrogen and oxygen atoms in total. The van der Waals surface area contributed by atoms with E-state index in [0.29, 0.717) is 0 Å². The van der Waals surface area contributed by atoms with E-state index >= 15 is 0 Å². The molecule has 29 heavy (non-hydrogen) atoms. The predicted octanol–water partition coefficient (Wildman–Crippen LogP) is -1.09.